The summed E-state index contributed by atoms with van der Waals surface area (Å²) in [6.07, 6.45) is 3.38. The van der Waals surface area contributed by atoms with Gasteiger partial charge in [0.1, 0.15) is 5.75 Å². The molecule has 0 fully saturated rings. The van der Waals surface area contributed by atoms with E-state index in [1.54, 1.807) is 11.3 Å². The lowest BCUT2D eigenvalue weighted by molar-refractivity contribution is -0.132. The first kappa shape index (κ1) is 20.4. The number of thiophene rings is 1. The Labute approximate surface area is 170 Å². The second-order valence-corrected chi connectivity index (χ2v) is 8.16. The highest BCUT2D eigenvalue weighted by Gasteiger charge is 2.21. The average Bonchev–Trinajstić information content (AvgIpc) is 3.15. The summed E-state index contributed by atoms with van der Waals surface area (Å²) in [5.74, 6) is 0.987. The maximum Gasteiger partial charge on any atom is 0.224 e. The number of amides is 2. The Bertz CT molecular complexity index is 803. The van der Waals surface area contributed by atoms with Crippen molar-refractivity contribution in [3.05, 3.63) is 51.7 Å². The largest absolute Gasteiger partial charge is 0.494 e. The van der Waals surface area contributed by atoms with E-state index in [1.165, 1.54) is 16.0 Å². The third-order valence-electron chi connectivity index (χ3n) is 4.88. The number of carbonyl (C=O) groups is 2. The van der Waals surface area contributed by atoms with Crippen LogP contribution < -0.4 is 10.1 Å². The quantitative estimate of drug-likeness (QED) is 0.653. The molecule has 5 nitrogen and oxygen atoms in total. The molecule has 1 aliphatic heterocycles. The smallest absolute Gasteiger partial charge is 0.224 e. The Morgan fingerprint density at radius 3 is 2.96 bits per heavy atom. The molecule has 0 saturated heterocycles. The predicted octanol–water partition coefficient (Wildman–Crippen LogP) is 3.70. The number of aryl methyl sites for hydroxylation is 1. The number of nitrogens with one attached hydrogen (secondary N) is 1. The van der Waals surface area contributed by atoms with Crippen LogP contribution in [0.1, 0.15) is 41.7 Å². The van der Waals surface area contributed by atoms with Crippen molar-refractivity contribution in [2.45, 2.75) is 45.6 Å². The summed E-state index contributed by atoms with van der Waals surface area (Å²) in [6, 6.07) is 10.1. The molecule has 3 rings (SSSR count). The summed E-state index contributed by atoms with van der Waals surface area (Å²) in [4.78, 5) is 27.5. The van der Waals surface area contributed by atoms with Gasteiger partial charge in [-0.3, -0.25) is 9.59 Å². The molecule has 28 heavy (non-hydrogen) atoms. The minimum atomic E-state index is 0.00196. The van der Waals surface area contributed by atoms with Gasteiger partial charge in [0.2, 0.25) is 11.8 Å². The van der Waals surface area contributed by atoms with Gasteiger partial charge in [0.05, 0.1) is 6.61 Å². The van der Waals surface area contributed by atoms with Gasteiger partial charge in [-0.2, -0.15) is 0 Å². The van der Waals surface area contributed by atoms with Crippen molar-refractivity contribution in [2.75, 3.05) is 19.7 Å². The van der Waals surface area contributed by atoms with Crippen LogP contribution in [0.2, 0.25) is 0 Å². The first-order valence-corrected chi connectivity index (χ1v) is 10.8. The van der Waals surface area contributed by atoms with Crippen molar-refractivity contribution in [2.24, 2.45) is 0 Å². The number of rotatable bonds is 9. The maximum absolute atomic E-state index is 12.3. The second-order valence-electron chi connectivity index (χ2n) is 7.16. The van der Waals surface area contributed by atoms with Gasteiger partial charge in [-0.05, 0) is 60.9 Å². The molecular formula is C22H28N2O3S. The van der Waals surface area contributed by atoms with Crippen LogP contribution in [0, 0.1) is 6.92 Å². The Morgan fingerprint density at radius 1 is 1.21 bits per heavy atom. The monoisotopic (exact) mass is 400 g/mol. The van der Waals surface area contributed by atoms with Crippen LogP contribution in [0.5, 0.6) is 5.75 Å². The highest BCUT2D eigenvalue weighted by Crippen LogP contribution is 2.24. The number of hydrogen-bond donors (Lipinski definition) is 1. The maximum atomic E-state index is 12.3. The van der Waals surface area contributed by atoms with Crippen molar-refractivity contribution in [1.82, 2.24) is 10.2 Å². The van der Waals surface area contributed by atoms with Crippen LogP contribution in [-0.4, -0.2) is 36.4 Å². The van der Waals surface area contributed by atoms with E-state index in [2.05, 4.69) is 16.8 Å². The number of fused-ring (bicyclic) bond motifs is 1. The zero-order valence-corrected chi connectivity index (χ0v) is 17.2. The van der Waals surface area contributed by atoms with Gasteiger partial charge < -0.3 is 15.0 Å². The van der Waals surface area contributed by atoms with Crippen LogP contribution in [0.25, 0.3) is 0 Å². The summed E-state index contributed by atoms with van der Waals surface area (Å²) in [5, 5.41) is 4.95. The van der Waals surface area contributed by atoms with E-state index in [-0.39, 0.29) is 11.8 Å². The van der Waals surface area contributed by atoms with Gasteiger partial charge in [0.25, 0.3) is 0 Å². The molecule has 0 atom stereocenters. The highest BCUT2D eigenvalue weighted by molar-refractivity contribution is 7.10. The molecule has 0 bridgehead atoms. The van der Waals surface area contributed by atoms with Gasteiger partial charge in [-0.25, -0.2) is 0 Å². The molecule has 1 aliphatic rings. The number of hydrogen-bond acceptors (Lipinski definition) is 4. The normalized spacial score (nSPS) is 13.1. The van der Waals surface area contributed by atoms with E-state index in [4.69, 9.17) is 4.74 Å². The van der Waals surface area contributed by atoms with Gasteiger partial charge in [0, 0.05) is 37.4 Å². The minimum absolute atomic E-state index is 0.00196. The molecule has 0 saturated carbocycles. The van der Waals surface area contributed by atoms with E-state index >= 15 is 0 Å². The van der Waals surface area contributed by atoms with Crippen LogP contribution >= 0.6 is 11.3 Å². The lowest BCUT2D eigenvalue weighted by Crippen LogP contribution is -2.37. The lowest BCUT2D eigenvalue weighted by Gasteiger charge is -2.27. The topological polar surface area (TPSA) is 58.6 Å². The molecule has 1 aromatic carbocycles. The second kappa shape index (κ2) is 10.3. The molecule has 2 aromatic rings. The van der Waals surface area contributed by atoms with Gasteiger partial charge in [0.15, 0.2) is 0 Å². The molecule has 0 aliphatic carbocycles. The molecule has 0 unspecified atom stereocenters. The lowest BCUT2D eigenvalue weighted by atomic mass is 10.1. The number of unbranched alkanes of at least 4 members (excludes halogenated alkanes) is 1. The van der Waals surface area contributed by atoms with Crippen molar-refractivity contribution in [3.8, 4) is 5.75 Å². The molecular weight excluding hydrogens is 372 g/mol. The van der Waals surface area contributed by atoms with Crippen molar-refractivity contribution < 1.29 is 14.3 Å². The summed E-state index contributed by atoms with van der Waals surface area (Å²) in [6.45, 7) is 4.53. The summed E-state index contributed by atoms with van der Waals surface area (Å²) in [7, 11) is 0. The van der Waals surface area contributed by atoms with Crippen LogP contribution in [0.3, 0.4) is 0 Å². The molecule has 150 valence electrons. The number of nitrogens with zero attached hydrogens (tertiary/aromatic N) is 1. The van der Waals surface area contributed by atoms with Crippen molar-refractivity contribution in [3.63, 3.8) is 0 Å². The molecule has 0 radical (unpaired) electrons. The van der Waals surface area contributed by atoms with Crippen LogP contribution in [-0.2, 0) is 22.6 Å². The summed E-state index contributed by atoms with van der Waals surface area (Å²) >= 11 is 1.77. The molecule has 1 N–H and O–H groups in total. The number of carbonyl (C=O) groups excluding carboxylic acids is 2. The zero-order chi connectivity index (χ0) is 19.8. The van der Waals surface area contributed by atoms with Crippen molar-refractivity contribution in [1.29, 1.82) is 0 Å². The van der Waals surface area contributed by atoms with E-state index in [9.17, 15) is 9.59 Å². The zero-order valence-electron chi connectivity index (χ0n) is 16.4. The Morgan fingerprint density at radius 2 is 2.11 bits per heavy atom. The molecule has 1 aromatic heterocycles. The Hall–Kier alpha value is -2.34. The molecule has 2 heterocycles. The SMILES string of the molecule is Cc1cccc(OCCCCC(=O)NCCC(=O)N2CCc3sccc3C2)c1. The van der Waals surface area contributed by atoms with E-state index < -0.39 is 0 Å². The fourth-order valence-corrected chi connectivity index (χ4v) is 4.19. The first-order valence-electron chi connectivity index (χ1n) is 9.91. The van der Waals surface area contributed by atoms with Crippen LogP contribution in [0.15, 0.2) is 35.7 Å². The van der Waals surface area contributed by atoms with E-state index in [0.717, 1.165) is 31.6 Å². The standard InChI is InChI=1S/C22H28N2O3S/c1-17-5-4-6-19(15-17)27-13-3-2-7-21(25)23-11-8-22(26)24-12-9-20-18(16-24)10-14-28-20/h4-6,10,14-15H,2-3,7-9,11-13,16H2,1H3,(H,23,25). The Balaban J connectivity index is 1.24. The fraction of sp³-hybridized carbons (Fsp3) is 0.455. The fourth-order valence-electron chi connectivity index (χ4n) is 3.30. The molecule has 2 amide bonds. The van der Waals surface area contributed by atoms with Gasteiger partial charge in [-0.1, -0.05) is 12.1 Å². The average molecular weight is 401 g/mol. The Kier molecular flexibility index (Phi) is 7.48. The van der Waals surface area contributed by atoms with Gasteiger partial charge >= 0.3 is 0 Å². The van der Waals surface area contributed by atoms with E-state index in [1.807, 2.05) is 36.1 Å². The minimum Gasteiger partial charge on any atom is -0.494 e. The predicted molar refractivity (Wildman–Crippen MR) is 112 cm³/mol. The molecule has 0 spiro atoms. The van der Waals surface area contributed by atoms with E-state index in [0.29, 0.717) is 32.5 Å². The van der Waals surface area contributed by atoms with Crippen LogP contribution in [0.4, 0.5) is 0 Å². The highest BCUT2D eigenvalue weighted by atomic mass is 32.1. The summed E-state index contributed by atoms with van der Waals surface area (Å²) < 4.78 is 5.69. The number of benzene rings is 1. The first-order chi connectivity index (χ1) is 13.6. The van der Waals surface area contributed by atoms with Gasteiger partial charge in [-0.15, -0.1) is 11.3 Å². The number of ether oxygens (including phenoxy) is 1. The summed E-state index contributed by atoms with van der Waals surface area (Å²) in [5.41, 5.74) is 2.44. The third-order valence-corrected chi connectivity index (χ3v) is 5.90. The molecule has 6 heteroatoms. The third kappa shape index (κ3) is 6.09. The van der Waals surface area contributed by atoms with Crippen molar-refractivity contribution >= 4 is 23.2 Å².